The van der Waals surface area contributed by atoms with Gasteiger partial charge in [0.05, 0.1) is 13.7 Å². The molecule has 0 amide bonds. The van der Waals surface area contributed by atoms with Gasteiger partial charge < -0.3 is 9.30 Å². The normalized spacial score (nSPS) is 18.0. The van der Waals surface area contributed by atoms with Crippen molar-refractivity contribution in [2.75, 3.05) is 7.11 Å². The maximum atomic E-state index is 12.5. The first-order valence-electron chi connectivity index (χ1n) is 7.78. The van der Waals surface area contributed by atoms with E-state index in [0.717, 1.165) is 18.7 Å². The predicted molar refractivity (Wildman–Crippen MR) is 82.1 cm³/mol. The molecule has 1 fully saturated rings. The van der Waals surface area contributed by atoms with E-state index < -0.39 is 5.54 Å². The van der Waals surface area contributed by atoms with E-state index in [1.807, 2.05) is 6.20 Å². The SMILES string of the molecule is COC(=O)C(Cn1ccnc1C(C)C)(NC(C)C)C1CC1. The molecule has 1 aliphatic carbocycles. The van der Waals surface area contributed by atoms with Crippen molar-refractivity contribution in [3.63, 3.8) is 0 Å². The largest absolute Gasteiger partial charge is 0.468 e. The molecule has 1 saturated carbocycles. The molecule has 5 heteroatoms. The van der Waals surface area contributed by atoms with E-state index in [2.05, 4.69) is 42.6 Å². The van der Waals surface area contributed by atoms with Crippen LogP contribution in [0.2, 0.25) is 0 Å². The summed E-state index contributed by atoms with van der Waals surface area (Å²) in [7, 11) is 1.47. The van der Waals surface area contributed by atoms with Crippen LogP contribution in [0.15, 0.2) is 12.4 Å². The number of ether oxygens (including phenoxy) is 1. The Bertz CT molecular complexity index is 491. The maximum Gasteiger partial charge on any atom is 0.328 e. The number of carbonyl (C=O) groups excluding carboxylic acids is 1. The molecule has 1 unspecified atom stereocenters. The van der Waals surface area contributed by atoms with Crippen LogP contribution in [0.1, 0.15) is 52.3 Å². The topological polar surface area (TPSA) is 56.2 Å². The van der Waals surface area contributed by atoms with E-state index in [1.165, 1.54) is 7.11 Å². The minimum Gasteiger partial charge on any atom is -0.468 e. The van der Waals surface area contributed by atoms with Crippen LogP contribution in [0.5, 0.6) is 0 Å². The summed E-state index contributed by atoms with van der Waals surface area (Å²) in [6.07, 6.45) is 5.90. The number of carbonyl (C=O) groups is 1. The van der Waals surface area contributed by atoms with Crippen molar-refractivity contribution in [2.45, 2.75) is 64.6 Å². The molecule has 0 aromatic carbocycles. The summed E-state index contributed by atoms with van der Waals surface area (Å²) in [5.41, 5.74) is -0.646. The van der Waals surface area contributed by atoms with Crippen LogP contribution in [0, 0.1) is 5.92 Å². The Hall–Kier alpha value is -1.36. The van der Waals surface area contributed by atoms with Crippen molar-refractivity contribution in [2.24, 2.45) is 5.92 Å². The summed E-state index contributed by atoms with van der Waals surface area (Å²) in [5.74, 6) is 1.51. The summed E-state index contributed by atoms with van der Waals surface area (Å²) >= 11 is 0. The molecule has 0 aliphatic heterocycles. The number of hydrogen-bond donors (Lipinski definition) is 1. The van der Waals surface area contributed by atoms with E-state index >= 15 is 0 Å². The Morgan fingerprint density at radius 2 is 2.14 bits per heavy atom. The van der Waals surface area contributed by atoms with Crippen molar-refractivity contribution in [3.8, 4) is 0 Å². The van der Waals surface area contributed by atoms with Gasteiger partial charge in [-0.2, -0.15) is 0 Å². The zero-order chi connectivity index (χ0) is 15.6. The molecule has 1 N–H and O–H groups in total. The highest BCUT2D eigenvalue weighted by molar-refractivity contribution is 5.81. The van der Waals surface area contributed by atoms with Gasteiger partial charge in [0.25, 0.3) is 0 Å². The average molecular weight is 293 g/mol. The second-order valence-corrected chi connectivity index (χ2v) is 6.60. The molecule has 1 atom stereocenters. The van der Waals surface area contributed by atoms with Crippen molar-refractivity contribution >= 4 is 5.97 Å². The van der Waals surface area contributed by atoms with Gasteiger partial charge in [-0.15, -0.1) is 0 Å². The van der Waals surface area contributed by atoms with Crippen LogP contribution < -0.4 is 5.32 Å². The summed E-state index contributed by atoms with van der Waals surface area (Å²) in [6.45, 7) is 8.95. The molecule has 1 aromatic rings. The lowest BCUT2D eigenvalue weighted by atomic mass is 9.91. The van der Waals surface area contributed by atoms with E-state index in [4.69, 9.17) is 4.74 Å². The van der Waals surface area contributed by atoms with Gasteiger partial charge in [0, 0.05) is 24.4 Å². The fourth-order valence-corrected chi connectivity index (χ4v) is 3.08. The third-order valence-corrected chi connectivity index (χ3v) is 4.05. The molecule has 21 heavy (non-hydrogen) atoms. The van der Waals surface area contributed by atoms with Crippen molar-refractivity contribution in [3.05, 3.63) is 18.2 Å². The smallest absolute Gasteiger partial charge is 0.328 e. The molecular weight excluding hydrogens is 266 g/mol. The molecule has 0 spiro atoms. The van der Waals surface area contributed by atoms with Crippen molar-refractivity contribution in [1.29, 1.82) is 0 Å². The fourth-order valence-electron chi connectivity index (χ4n) is 3.08. The molecule has 1 aromatic heterocycles. The number of esters is 1. The van der Waals surface area contributed by atoms with Gasteiger partial charge in [-0.25, -0.2) is 9.78 Å². The Kier molecular flexibility index (Phi) is 4.71. The first kappa shape index (κ1) is 16.0. The summed E-state index contributed by atoms with van der Waals surface area (Å²) in [6, 6.07) is 0.218. The fraction of sp³-hybridized carbons (Fsp3) is 0.750. The first-order chi connectivity index (χ1) is 9.90. The van der Waals surface area contributed by atoms with Gasteiger partial charge in [-0.05, 0) is 32.6 Å². The number of nitrogens with one attached hydrogen (secondary N) is 1. The maximum absolute atomic E-state index is 12.5. The lowest BCUT2D eigenvalue weighted by molar-refractivity contribution is -0.151. The molecular formula is C16H27N3O2. The highest BCUT2D eigenvalue weighted by Crippen LogP contribution is 2.42. The first-order valence-corrected chi connectivity index (χ1v) is 7.78. The number of hydrogen-bond acceptors (Lipinski definition) is 4. The van der Waals surface area contributed by atoms with Crippen LogP contribution in [-0.4, -0.2) is 34.2 Å². The third kappa shape index (κ3) is 3.28. The Morgan fingerprint density at radius 1 is 1.48 bits per heavy atom. The Labute approximate surface area is 127 Å². The molecule has 118 valence electrons. The van der Waals surface area contributed by atoms with Gasteiger partial charge in [0.2, 0.25) is 0 Å². The molecule has 1 heterocycles. The average Bonchev–Trinajstić information content (AvgIpc) is 3.17. The number of methoxy groups -OCH3 is 1. The van der Waals surface area contributed by atoms with Gasteiger partial charge in [-0.1, -0.05) is 13.8 Å². The highest BCUT2D eigenvalue weighted by atomic mass is 16.5. The van der Waals surface area contributed by atoms with Gasteiger partial charge in [0.15, 0.2) is 0 Å². The van der Waals surface area contributed by atoms with E-state index in [1.54, 1.807) is 6.20 Å². The van der Waals surface area contributed by atoms with Gasteiger partial charge in [-0.3, -0.25) is 5.32 Å². The summed E-state index contributed by atoms with van der Waals surface area (Å²) < 4.78 is 7.22. The Balaban J connectivity index is 2.34. The van der Waals surface area contributed by atoms with Crippen LogP contribution in [0.3, 0.4) is 0 Å². The van der Waals surface area contributed by atoms with Crippen LogP contribution in [0.4, 0.5) is 0 Å². The second-order valence-electron chi connectivity index (χ2n) is 6.60. The molecule has 0 radical (unpaired) electrons. The molecule has 0 bridgehead atoms. The molecule has 1 aliphatic rings. The molecule has 5 nitrogen and oxygen atoms in total. The lowest BCUT2D eigenvalue weighted by Gasteiger charge is -2.35. The summed E-state index contributed by atoms with van der Waals surface area (Å²) in [4.78, 5) is 17.0. The standard InChI is InChI=1S/C16H27N3O2/c1-11(2)14-17-8-9-19(14)10-16(13-6-7-13,15(20)21-5)18-12(3)4/h8-9,11-13,18H,6-7,10H2,1-5H3. The van der Waals surface area contributed by atoms with E-state index in [9.17, 15) is 4.79 Å². The van der Waals surface area contributed by atoms with Crippen LogP contribution in [-0.2, 0) is 16.1 Å². The van der Waals surface area contributed by atoms with Crippen LogP contribution >= 0.6 is 0 Å². The van der Waals surface area contributed by atoms with E-state index in [0.29, 0.717) is 18.4 Å². The lowest BCUT2D eigenvalue weighted by Crippen LogP contribution is -2.59. The quantitative estimate of drug-likeness (QED) is 0.784. The van der Waals surface area contributed by atoms with Crippen molar-refractivity contribution < 1.29 is 9.53 Å². The van der Waals surface area contributed by atoms with E-state index in [-0.39, 0.29) is 12.0 Å². The number of nitrogens with zero attached hydrogens (tertiary/aromatic N) is 2. The minimum atomic E-state index is -0.646. The molecule has 2 rings (SSSR count). The van der Waals surface area contributed by atoms with Crippen LogP contribution in [0.25, 0.3) is 0 Å². The van der Waals surface area contributed by atoms with Gasteiger partial charge in [0.1, 0.15) is 11.4 Å². The zero-order valence-electron chi connectivity index (χ0n) is 13.7. The van der Waals surface area contributed by atoms with Crippen molar-refractivity contribution in [1.82, 2.24) is 14.9 Å². The zero-order valence-corrected chi connectivity index (χ0v) is 13.7. The molecule has 0 saturated heterocycles. The number of rotatable bonds is 7. The third-order valence-electron chi connectivity index (χ3n) is 4.05. The number of imidazole rings is 1. The number of aromatic nitrogens is 2. The monoisotopic (exact) mass is 293 g/mol. The minimum absolute atomic E-state index is 0.165. The summed E-state index contributed by atoms with van der Waals surface area (Å²) in [5, 5.41) is 3.49. The Morgan fingerprint density at radius 3 is 2.62 bits per heavy atom. The predicted octanol–water partition coefficient (Wildman–Crippen LogP) is 2.33. The second kappa shape index (κ2) is 6.18. The van der Waals surface area contributed by atoms with Gasteiger partial charge >= 0.3 is 5.97 Å². The highest BCUT2D eigenvalue weighted by Gasteiger charge is 2.52.